The molecule has 1 fully saturated rings. The lowest BCUT2D eigenvalue weighted by molar-refractivity contribution is -0.159. The molecule has 4 heteroatoms. The van der Waals surface area contributed by atoms with Gasteiger partial charge >= 0.3 is 5.97 Å². The van der Waals surface area contributed by atoms with E-state index in [9.17, 15) is 9.90 Å². The molecule has 0 amide bonds. The molecule has 0 heterocycles. The highest BCUT2D eigenvalue weighted by molar-refractivity contribution is 5.76. The minimum Gasteiger partial charge on any atom is -0.479 e. The van der Waals surface area contributed by atoms with Crippen molar-refractivity contribution in [3.05, 3.63) is 35.9 Å². The number of carbonyl (C=O) groups is 1. The molecule has 2 N–H and O–H groups in total. The van der Waals surface area contributed by atoms with Crippen LogP contribution in [0.5, 0.6) is 0 Å². The van der Waals surface area contributed by atoms with Crippen molar-refractivity contribution in [3.8, 4) is 0 Å². The number of carboxylic acid groups (broad SMARTS) is 1. The Kier molecular flexibility index (Phi) is 4.78. The van der Waals surface area contributed by atoms with Crippen LogP contribution in [0.1, 0.15) is 38.2 Å². The van der Waals surface area contributed by atoms with Crippen molar-refractivity contribution >= 4 is 5.97 Å². The smallest absolute Gasteiger partial charge is 0.336 e. The highest BCUT2D eigenvalue weighted by Crippen LogP contribution is 2.26. The van der Waals surface area contributed by atoms with Crippen LogP contribution in [-0.4, -0.2) is 39.3 Å². The topological polar surface area (TPSA) is 60.8 Å². The molecule has 1 aromatic carbocycles. The van der Waals surface area contributed by atoms with E-state index >= 15 is 0 Å². The van der Waals surface area contributed by atoms with Gasteiger partial charge in [-0.15, -0.1) is 0 Å². The van der Waals surface area contributed by atoms with Gasteiger partial charge in [-0.3, -0.25) is 4.90 Å². The molecule has 1 aliphatic carbocycles. The zero-order chi connectivity index (χ0) is 14.6. The van der Waals surface area contributed by atoms with Crippen molar-refractivity contribution in [2.45, 2.75) is 50.8 Å². The Morgan fingerprint density at radius 1 is 1.30 bits per heavy atom. The highest BCUT2D eigenvalue weighted by atomic mass is 16.4. The molecular formula is C16H23NO3. The molecule has 0 bridgehead atoms. The molecule has 20 heavy (non-hydrogen) atoms. The number of benzene rings is 1. The first-order valence-electron chi connectivity index (χ1n) is 7.23. The number of carboxylic acids is 1. The fourth-order valence-corrected chi connectivity index (χ4v) is 2.86. The lowest BCUT2D eigenvalue weighted by Gasteiger charge is -2.33. The van der Waals surface area contributed by atoms with Crippen LogP contribution >= 0.6 is 0 Å². The van der Waals surface area contributed by atoms with E-state index in [0.29, 0.717) is 12.6 Å². The van der Waals surface area contributed by atoms with E-state index in [1.807, 2.05) is 30.3 Å². The molecule has 1 unspecified atom stereocenters. The summed E-state index contributed by atoms with van der Waals surface area (Å²) in [5.41, 5.74) is -0.544. The summed E-state index contributed by atoms with van der Waals surface area (Å²) >= 11 is 0. The first-order chi connectivity index (χ1) is 9.49. The van der Waals surface area contributed by atoms with E-state index in [4.69, 9.17) is 5.11 Å². The number of hydrogen-bond acceptors (Lipinski definition) is 3. The number of aliphatic hydroxyl groups is 1. The van der Waals surface area contributed by atoms with Gasteiger partial charge in [0.05, 0.1) is 0 Å². The van der Waals surface area contributed by atoms with Gasteiger partial charge in [0.15, 0.2) is 5.60 Å². The highest BCUT2D eigenvalue weighted by Gasteiger charge is 2.35. The van der Waals surface area contributed by atoms with Crippen LogP contribution in [-0.2, 0) is 11.3 Å². The lowest BCUT2D eigenvalue weighted by Crippen LogP contribution is -2.49. The molecule has 2 rings (SSSR count). The van der Waals surface area contributed by atoms with Crippen molar-refractivity contribution < 1.29 is 15.0 Å². The van der Waals surface area contributed by atoms with Crippen LogP contribution in [0.4, 0.5) is 0 Å². The molecule has 1 saturated carbocycles. The van der Waals surface area contributed by atoms with Crippen molar-refractivity contribution in [2.75, 3.05) is 6.54 Å². The predicted molar refractivity (Wildman–Crippen MR) is 77.4 cm³/mol. The average molecular weight is 277 g/mol. The summed E-state index contributed by atoms with van der Waals surface area (Å²) in [5.74, 6) is -1.16. The summed E-state index contributed by atoms with van der Waals surface area (Å²) in [6, 6.07) is 10.4. The van der Waals surface area contributed by atoms with E-state index in [2.05, 4.69) is 4.90 Å². The molecule has 0 aromatic heterocycles. The minimum absolute atomic E-state index is 0.169. The second kappa shape index (κ2) is 6.37. The first kappa shape index (κ1) is 15.0. The normalized spacial score (nSPS) is 19.1. The zero-order valence-corrected chi connectivity index (χ0v) is 12.0. The third-order valence-electron chi connectivity index (χ3n) is 4.04. The van der Waals surface area contributed by atoms with E-state index in [-0.39, 0.29) is 6.54 Å². The first-order valence-corrected chi connectivity index (χ1v) is 7.23. The summed E-state index contributed by atoms with van der Waals surface area (Å²) < 4.78 is 0. The lowest BCUT2D eigenvalue weighted by atomic mass is 10.0. The molecule has 0 spiro atoms. The van der Waals surface area contributed by atoms with Crippen LogP contribution in [0.15, 0.2) is 30.3 Å². The quantitative estimate of drug-likeness (QED) is 0.837. The van der Waals surface area contributed by atoms with Gasteiger partial charge in [-0.2, -0.15) is 0 Å². The van der Waals surface area contributed by atoms with Gasteiger partial charge in [-0.05, 0) is 25.3 Å². The Morgan fingerprint density at radius 2 is 1.90 bits per heavy atom. The molecule has 1 aliphatic rings. The summed E-state index contributed by atoms with van der Waals surface area (Å²) in [6.45, 7) is 2.24. The fourth-order valence-electron chi connectivity index (χ4n) is 2.86. The number of hydrogen-bond donors (Lipinski definition) is 2. The minimum atomic E-state index is -1.70. The predicted octanol–water partition coefficient (Wildman–Crippen LogP) is 2.27. The van der Waals surface area contributed by atoms with Crippen molar-refractivity contribution in [2.24, 2.45) is 0 Å². The fraction of sp³-hybridized carbons (Fsp3) is 0.562. The van der Waals surface area contributed by atoms with Crippen LogP contribution in [0.25, 0.3) is 0 Å². The average Bonchev–Trinajstić information content (AvgIpc) is 2.92. The zero-order valence-electron chi connectivity index (χ0n) is 12.0. The maximum absolute atomic E-state index is 11.1. The standard InChI is InChI=1S/C16H23NO3/c1-16(20,15(18)19)12-17(14-9-5-6-10-14)11-13-7-3-2-4-8-13/h2-4,7-8,14,20H,5-6,9-12H2,1H3,(H,18,19). The number of aliphatic carboxylic acids is 1. The third kappa shape index (κ3) is 3.81. The van der Waals surface area contributed by atoms with Gasteiger partial charge in [0.2, 0.25) is 0 Å². The van der Waals surface area contributed by atoms with Gasteiger partial charge < -0.3 is 10.2 Å². The molecule has 0 saturated heterocycles. The van der Waals surface area contributed by atoms with Crippen LogP contribution in [0.3, 0.4) is 0 Å². The van der Waals surface area contributed by atoms with Gasteiger partial charge in [0, 0.05) is 19.1 Å². The Labute approximate surface area is 120 Å². The second-order valence-electron chi connectivity index (χ2n) is 5.91. The molecule has 0 aliphatic heterocycles. The number of rotatable bonds is 6. The Balaban J connectivity index is 2.10. The van der Waals surface area contributed by atoms with Crippen LogP contribution < -0.4 is 0 Å². The van der Waals surface area contributed by atoms with E-state index in [1.54, 1.807) is 0 Å². The van der Waals surface area contributed by atoms with Gasteiger partial charge in [0.1, 0.15) is 0 Å². The molecule has 0 radical (unpaired) electrons. The maximum atomic E-state index is 11.1. The molecule has 4 nitrogen and oxygen atoms in total. The van der Waals surface area contributed by atoms with Gasteiger partial charge in [-0.1, -0.05) is 43.2 Å². The number of nitrogens with zero attached hydrogens (tertiary/aromatic N) is 1. The Morgan fingerprint density at radius 3 is 2.45 bits per heavy atom. The van der Waals surface area contributed by atoms with Crippen LogP contribution in [0.2, 0.25) is 0 Å². The maximum Gasteiger partial charge on any atom is 0.336 e. The molecule has 110 valence electrons. The van der Waals surface area contributed by atoms with Gasteiger partial charge in [-0.25, -0.2) is 4.79 Å². The summed E-state index contributed by atoms with van der Waals surface area (Å²) in [4.78, 5) is 13.3. The summed E-state index contributed by atoms with van der Waals surface area (Å²) in [5, 5.41) is 19.2. The summed E-state index contributed by atoms with van der Waals surface area (Å²) in [6.07, 6.45) is 4.54. The molecule has 1 atom stereocenters. The van der Waals surface area contributed by atoms with Crippen molar-refractivity contribution in [1.82, 2.24) is 4.90 Å². The van der Waals surface area contributed by atoms with Gasteiger partial charge in [0.25, 0.3) is 0 Å². The largest absolute Gasteiger partial charge is 0.479 e. The monoisotopic (exact) mass is 277 g/mol. The van der Waals surface area contributed by atoms with Crippen LogP contribution in [0, 0.1) is 0 Å². The molecular weight excluding hydrogens is 254 g/mol. The summed E-state index contributed by atoms with van der Waals surface area (Å²) in [7, 11) is 0. The van der Waals surface area contributed by atoms with E-state index in [1.165, 1.54) is 19.8 Å². The molecule has 1 aromatic rings. The van der Waals surface area contributed by atoms with E-state index in [0.717, 1.165) is 18.4 Å². The van der Waals surface area contributed by atoms with E-state index < -0.39 is 11.6 Å². The Bertz CT molecular complexity index is 438. The Hall–Kier alpha value is -1.39. The third-order valence-corrected chi connectivity index (χ3v) is 4.04. The van der Waals surface area contributed by atoms with Crippen molar-refractivity contribution in [3.63, 3.8) is 0 Å². The SMILES string of the molecule is CC(O)(CN(Cc1ccccc1)C1CCCC1)C(=O)O. The second-order valence-corrected chi connectivity index (χ2v) is 5.91. The van der Waals surface area contributed by atoms with Crippen molar-refractivity contribution in [1.29, 1.82) is 0 Å².